The van der Waals surface area contributed by atoms with Gasteiger partial charge in [-0.1, -0.05) is 13.8 Å². The highest BCUT2D eigenvalue weighted by atomic mass is 16.1. The fraction of sp³-hybridized carbons (Fsp3) is 0.667. The maximum atomic E-state index is 11.5. The van der Waals surface area contributed by atoms with Gasteiger partial charge in [-0.2, -0.15) is 5.10 Å². The van der Waals surface area contributed by atoms with E-state index in [0.29, 0.717) is 19.0 Å². The van der Waals surface area contributed by atoms with Crippen molar-refractivity contribution in [3.8, 4) is 0 Å². The van der Waals surface area contributed by atoms with Gasteiger partial charge in [0.25, 0.3) is 0 Å². The molecule has 2 N–H and O–H groups in total. The Morgan fingerprint density at radius 1 is 1.53 bits per heavy atom. The lowest BCUT2D eigenvalue weighted by atomic mass is 10.2. The summed E-state index contributed by atoms with van der Waals surface area (Å²) in [4.78, 5) is 11.5. The van der Waals surface area contributed by atoms with Crippen LogP contribution in [-0.2, 0) is 18.4 Å². The van der Waals surface area contributed by atoms with E-state index in [1.807, 2.05) is 13.2 Å². The van der Waals surface area contributed by atoms with Gasteiger partial charge in [-0.3, -0.25) is 9.48 Å². The summed E-state index contributed by atoms with van der Waals surface area (Å²) in [5.74, 6) is 0.0967. The second kappa shape index (κ2) is 7.06. The Balaban J connectivity index is 2.09. The molecule has 1 aromatic rings. The summed E-state index contributed by atoms with van der Waals surface area (Å²) in [5.41, 5.74) is 1.03. The van der Waals surface area contributed by atoms with Gasteiger partial charge in [0.05, 0.1) is 6.20 Å². The lowest BCUT2D eigenvalue weighted by Crippen LogP contribution is -2.27. The molecule has 0 radical (unpaired) electrons. The van der Waals surface area contributed by atoms with Crippen LogP contribution in [0.3, 0.4) is 0 Å². The molecule has 96 valence electrons. The van der Waals surface area contributed by atoms with Crippen molar-refractivity contribution in [2.24, 2.45) is 7.05 Å². The number of rotatable bonds is 7. The van der Waals surface area contributed by atoms with E-state index in [4.69, 9.17) is 0 Å². The van der Waals surface area contributed by atoms with Gasteiger partial charge in [-0.25, -0.2) is 0 Å². The van der Waals surface area contributed by atoms with Crippen LogP contribution in [-0.4, -0.2) is 28.3 Å². The number of aryl methyl sites for hydroxylation is 1. The Kier molecular flexibility index (Phi) is 5.69. The summed E-state index contributed by atoms with van der Waals surface area (Å²) in [6, 6.07) is 0.480. The molecule has 5 nitrogen and oxygen atoms in total. The Bertz CT molecular complexity index is 346. The summed E-state index contributed by atoms with van der Waals surface area (Å²) < 4.78 is 1.73. The van der Waals surface area contributed by atoms with Crippen LogP contribution in [0.2, 0.25) is 0 Å². The molecule has 0 atom stereocenters. The van der Waals surface area contributed by atoms with Gasteiger partial charge in [0.15, 0.2) is 0 Å². The zero-order valence-electron chi connectivity index (χ0n) is 10.9. The molecule has 0 aromatic carbocycles. The van der Waals surface area contributed by atoms with Crippen LogP contribution in [0.25, 0.3) is 0 Å². The minimum Gasteiger partial charge on any atom is -0.352 e. The second-order valence-electron chi connectivity index (χ2n) is 4.51. The molecule has 0 aliphatic carbocycles. The molecule has 1 heterocycles. The number of nitrogens with one attached hydrogen (secondary N) is 2. The summed E-state index contributed by atoms with van der Waals surface area (Å²) in [7, 11) is 1.86. The van der Waals surface area contributed by atoms with E-state index in [-0.39, 0.29) is 5.91 Å². The summed E-state index contributed by atoms with van der Waals surface area (Å²) in [6.07, 6.45) is 5.11. The highest BCUT2D eigenvalue weighted by Crippen LogP contribution is 1.96. The van der Waals surface area contributed by atoms with Crippen molar-refractivity contribution in [1.29, 1.82) is 0 Å². The average molecular weight is 238 g/mol. The van der Waals surface area contributed by atoms with Gasteiger partial charge in [-0.05, 0) is 13.0 Å². The largest absolute Gasteiger partial charge is 0.352 e. The number of hydrogen-bond donors (Lipinski definition) is 2. The Hall–Kier alpha value is -1.36. The third kappa shape index (κ3) is 6.06. The molecule has 0 aliphatic heterocycles. The maximum Gasteiger partial charge on any atom is 0.220 e. The predicted octanol–water partition coefficient (Wildman–Crippen LogP) is 0.814. The molecule has 0 saturated heterocycles. The molecule has 0 saturated carbocycles. The molecule has 0 fully saturated rings. The Morgan fingerprint density at radius 3 is 2.88 bits per heavy atom. The minimum atomic E-state index is 0.0967. The van der Waals surface area contributed by atoms with E-state index in [2.05, 4.69) is 29.6 Å². The first kappa shape index (κ1) is 13.7. The van der Waals surface area contributed by atoms with Crippen molar-refractivity contribution in [1.82, 2.24) is 20.4 Å². The van der Waals surface area contributed by atoms with E-state index in [1.54, 1.807) is 10.9 Å². The summed E-state index contributed by atoms with van der Waals surface area (Å²) >= 11 is 0. The maximum absolute atomic E-state index is 11.5. The van der Waals surface area contributed by atoms with Gasteiger partial charge in [0.1, 0.15) is 0 Å². The predicted molar refractivity (Wildman–Crippen MR) is 67.4 cm³/mol. The van der Waals surface area contributed by atoms with Crippen LogP contribution < -0.4 is 10.6 Å². The molecule has 5 heteroatoms. The highest BCUT2D eigenvalue weighted by Gasteiger charge is 2.02. The molecule has 1 aromatic heterocycles. The average Bonchev–Trinajstić information content (AvgIpc) is 2.67. The van der Waals surface area contributed by atoms with Crippen molar-refractivity contribution in [3.05, 3.63) is 18.0 Å². The van der Waals surface area contributed by atoms with Gasteiger partial charge in [-0.15, -0.1) is 0 Å². The zero-order chi connectivity index (χ0) is 12.7. The SMILES string of the molecule is CC(C)NCCCC(=O)NCc1cnn(C)c1. The molecule has 0 spiro atoms. The van der Waals surface area contributed by atoms with Gasteiger partial charge in [0, 0.05) is 37.8 Å². The van der Waals surface area contributed by atoms with Crippen LogP contribution in [0.5, 0.6) is 0 Å². The second-order valence-corrected chi connectivity index (χ2v) is 4.51. The lowest BCUT2D eigenvalue weighted by Gasteiger charge is -2.07. The fourth-order valence-corrected chi connectivity index (χ4v) is 1.49. The third-order valence-corrected chi connectivity index (χ3v) is 2.38. The Morgan fingerprint density at radius 2 is 2.29 bits per heavy atom. The number of hydrogen-bond acceptors (Lipinski definition) is 3. The quantitative estimate of drug-likeness (QED) is 0.691. The van der Waals surface area contributed by atoms with Gasteiger partial charge < -0.3 is 10.6 Å². The van der Waals surface area contributed by atoms with E-state index >= 15 is 0 Å². The normalized spacial score (nSPS) is 10.8. The van der Waals surface area contributed by atoms with Crippen LogP contribution >= 0.6 is 0 Å². The number of carbonyl (C=O) groups is 1. The van der Waals surface area contributed by atoms with Crippen molar-refractivity contribution >= 4 is 5.91 Å². The van der Waals surface area contributed by atoms with Crippen LogP contribution in [0.1, 0.15) is 32.3 Å². The minimum absolute atomic E-state index is 0.0967. The molecule has 0 aliphatic rings. The first-order valence-electron chi connectivity index (χ1n) is 6.05. The highest BCUT2D eigenvalue weighted by molar-refractivity contribution is 5.75. The van der Waals surface area contributed by atoms with Crippen LogP contribution in [0.4, 0.5) is 0 Å². The molecule has 1 rings (SSSR count). The van der Waals surface area contributed by atoms with Crippen molar-refractivity contribution in [2.75, 3.05) is 6.54 Å². The summed E-state index contributed by atoms with van der Waals surface area (Å²) in [5, 5.41) is 10.2. The molecular weight excluding hydrogens is 216 g/mol. The molecule has 0 unspecified atom stereocenters. The molecule has 1 amide bonds. The zero-order valence-corrected chi connectivity index (χ0v) is 10.9. The number of aromatic nitrogens is 2. The fourth-order valence-electron chi connectivity index (χ4n) is 1.49. The van der Waals surface area contributed by atoms with E-state index < -0.39 is 0 Å². The molecule has 0 bridgehead atoms. The third-order valence-electron chi connectivity index (χ3n) is 2.38. The van der Waals surface area contributed by atoms with Crippen molar-refractivity contribution in [3.63, 3.8) is 0 Å². The lowest BCUT2D eigenvalue weighted by molar-refractivity contribution is -0.121. The smallest absolute Gasteiger partial charge is 0.220 e. The van der Waals surface area contributed by atoms with Crippen molar-refractivity contribution in [2.45, 2.75) is 39.3 Å². The monoisotopic (exact) mass is 238 g/mol. The standard InChI is InChI=1S/C12H22N4O/c1-10(2)13-6-4-5-12(17)14-7-11-8-15-16(3)9-11/h8-10,13H,4-7H2,1-3H3,(H,14,17). The number of amides is 1. The van der Waals surface area contributed by atoms with E-state index in [9.17, 15) is 4.79 Å². The van der Waals surface area contributed by atoms with Gasteiger partial charge in [0.2, 0.25) is 5.91 Å². The molecular formula is C12H22N4O. The van der Waals surface area contributed by atoms with Crippen LogP contribution in [0.15, 0.2) is 12.4 Å². The van der Waals surface area contributed by atoms with Crippen molar-refractivity contribution < 1.29 is 4.79 Å². The van der Waals surface area contributed by atoms with Gasteiger partial charge >= 0.3 is 0 Å². The molecule has 17 heavy (non-hydrogen) atoms. The number of nitrogens with zero attached hydrogens (tertiary/aromatic N) is 2. The van der Waals surface area contributed by atoms with E-state index in [0.717, 1.165) is 18.5 Å². The first-order chi connectivity index (χ1) is 8.08. The summed E-state index contributed by atoms with van der Waals surface area (Å²) in [6.45, 7) is 5.65. The van der Waals surface area contributed by atoms with Crippen LogP contribution in [0, 0.1) is 0 Å². The Labute approximate surface area is 103 Å². The first-order valence-corrected chi connectivity index (χ1v) is 6.05. The number of carbonyl (C=O) groups excluding carboxylic acids is 1. The topological polar surface area (TPSA) is 59.0 Å². The van der Waals surface area contributed by atoms with E-state index in [1.165, 1.54) is 0 Å².